The van der Waals surface area contributed by atoms with Gasteiger partial charge in [0.25, 0.3) is 0 Å². The standard InChI is InChI=1S/C22H42O/c1-3-5-7-9-10-11-12-13-15-17-22-19-18-21(20-23-22)16-14-8-6-4-2/h20,22H,3-19H2,1-2H3. The van der Waals surface area contributed by atoms with Gasteiger partial charge in [-0.3, -0.25) is 0 Å². The molecule has 1 aliphatic rings. The van der Waals surface area contributed by atoms with Crippen molar-refractivity contribution in [3.63, 3.8) is 0 Å². The molecular weight excluding hydrogens is 280 g/mol. The highest BCUT2D eigenvalue weighted by Crippen LogP contribution is 2.25. The van der Waals surface area contributed by atoms with Crippen LogP contribution in [0.15, 0.2) is 11.8 Å². The van der Waals surface area contributed by atoms with Crippen molar-refractivity contribution in [3.05, 3.63) is 11.8 Å². The zero-order chi connectivity index (χ0) is 16.6. The number of rotatable bonds is 15. The maximum Gasteiger partial charge on any atom is 0.0981 e. The summed E-state index contributed by atoms with van der Waals surface area (Å²) in [7, 11) is 0. The first-order chi connectivity index (χ1) is 11.4. The first-order valence-electron chi connectivity index (χ1n) is 10.7. The molecule has 0 saturated heterocycles. The minimum atomic E-state index is 0.513. The van der Waals surface area contributed by atoms with Crippen molar-refractivity contribution in [3.8, 4) is 0 Å². The predicted octanol–water partition coefficient (Wildman–Crippen LogP) is 7.94. The minimum absolute atomic E-state index is 0.513. The zero-order valence-corrected chi connectivity index (χ0v) is 16.1. The van der Waals surface area contributed by atoms with E-state index in [0.29, 0.717) is 6.10 Å². The van der Waals surface area contributed by atoms with E-state index in [-0.39, 0.29) is 0 Å². The fourth-order valence-corrected chi connectivity index (χ4v) is 3.52. The molecule has 1 heteroatoms. The number of hydrogen-bond acceptors (Lipinski definition) is 1. The van der Waals surface area contributed by atoms with Crippen LogP contribution in [0.5, 0.6) is 0 Å². The highest BCUT2D eigenvalue weighted by molar-refractivity contribution is 5.01. The highest BCUT2D eigenvalue weighted by atomic mass is 16.5. The van der Waals surface area contributed by atoms with Gasteiger partial charge in [-0.1, -0.05) is 84.5 Å². The molecule has 1 heterocycles. The van der Waals surface area contributed by atoms with Gasteiger partial charge in [-0.15, -0.1) is 0 Å². The molecule has 0 spiro atoms. The molecule has 0 aromatic carbocycles. The molecule has 0 N–H and O–H groups in total. The molecule has 1 rings (SSSR count). The summed E-state index contributed by atoms with van der Waals surface area (Å²) in [5.74, 6) is 0. The Labute approximate surface area is 146 Å². The molecule has 0 aromatic heterocycles. The summed E-state index contributed by atoms with van der Waals surface area (Å²) >= 11 is 0. The van der Waals surface area contributed by atoms with Crippen LogP contribution in [0.1, 0.15) is 123 Å². The summed E-state index contributed by atoms with van der Waals surface area (Å²) in [6.07, 6.45) is 25.9. The van der Waals surface area contributed by atoms with Gasteiger partial charge in [0.2, 0.25) is 0 Å². The van der Waals surface area contributed by atoms with E-state index in [4.69, 9.17) is 4.74 Å². The van der Waals surface area contributed by atoms with Gasteiger partial charge < -0.3 is 4.74 Å². The SMILES string of the molecule is CCCCCCCCCCCC1CCC(CCCCCC)=CO1. The van der Waals surface area contributed by atoms with Crippen LogP contribution < -0.4 is 0 Å². The first-order valence-corrected chi connectivity index (χ1v) is 10.7. The lowest BCUT2D eigenvalue weighted by atomic mass is 9.97. The summed E-state index contributed by atoms with van der Waals surface area (Å²) in [5.41, 5.74) is 1.56. The van der Waals surface area contributed by atoms with E-state index in [0.717, 1.165) is 0 Å². The Bertz CT molecular complexity index is 282. The lowest BCUT2D eigenvalue weighted by Crippen LogP contribution is -2.14. The van der Waals surface area contributed by atoms with Crippen LogP contribution in [0.3, 0.4) is 0 Å². The molecule has 0 aliphatic carbocycles. The Morgan fingerprint density at radius 1 is 0.783 bits per heavy atom. The molecule has 136 valence electrons. The number of unbranched alkanes of at least 4 members (excludes halogenated alkanes) is 11. The van der Waals surface area contributed by atoms with E-state index in [9.17, 15) is 0 Å². The average molecular weight is 323 g/mol. The zero-order valence-electron chi connectivity index (χ0n) is 16.1. The van der Waals surface area contributed by atoms with E-state index >= 15 is 0 Å². The molecule has 0 radical (unpaired) electrons. The maximum absolute atomic E-state index is 5.96. The van der Waals surface area contributed by atoms with Crippen molar-refractivity contribution in [2.24, 2.45) is 0 Å². The Morgan fingerprint density at radius 2 is 1.35 bits per heavy atom. The normalized spacial score (nSPS) is 17.8. The summed E-state index contributed by atoms with van der Waals surface area (Å²) in [6.45, 7) is 4.57. The van der Waals surface area contributed by atoms with Gasteiger partial charge in [0.15, 0.2) is 0 Å². The second kappa shape index (κ2) is 15.1. The Hall–Kier alpha value is -0.460. The molecule has 23 heavy (non-hydrogen) atoms. The van der Waals surface area contributed by atoms with E-state index in [1.807, 2.05) is 0 Å². The van der Waals surface area contributed by atoms with Gasteiger partial charge in [0, 0.05) is 0 Å². The molecule has 1 nitrogen and oxygen atoms in total. The topological polar surface area (TPSA) is 9.23 Å². The van der Waals surface area contributed by atoms with Crippen LogP contribution in [0.2, 0.25) is 0 Å². The largest absolute Gasteiger partial charge is 0.498 e. The molecule has 1 atom stereocenters. The summed E-state index contributed by atoms with van der Waals surface area (Å²) in [6, 6.07) is 0. The molecule has 0 amide bonds. The highest BCUT2D eigenvalue weighted by Gasteiger charge is 2.14. The molecule has 1 aliphatic heterocycles. The van der Waals surface area contributed by atoms with Gasteiger partial charge in [-0.25, -0.2) is 0 Å². The molecule has 0 fully saturated rings. The van der Waals surface area contributed by atoms with Crippen molar-refractivity contribution >= 4 is 0 Å². The monoisotopic (exact) mass is 322 g/mol. The summed E-state index contributed by atoms with van der Waals surface area (Å²) in [4.78, 5) is 0. The first kappa shape index (κ1) is 20.6. The third-order valence-corrected chi connectivity index (χ3v) is 5.20. The van der Waals surface area contributed by atoms with Gasteiger partial charge in [-0.05, 0) is 44.1 Å². The Morgan fingerprint density at radius 3 is 1.91 bits per heavy atom. The van der Waals surface area contributed by atoms with Crippen LogP contribution >= 0.6 is 0 Å². The molecule has 0 aromatic rings. The quantitative estimate of drug-likeness (QED) is 0.278. The van der Waals surface area contributed by atoms with Gasteiger partial charge in [0.1, 0.15) is 0 Å². The maximum atomic E-state index is 5.96. The van der Waals surface area contributed by atoms with Crippen molar-refractivity contribution in [1.82, 2.24) is 0 Å². The summed E-state index contributed by atoms with van der Waals surface area (Å²) in [5, 5.41) is 0. The van der Waals surface area contributed by atoms with Crippen molar-refractivity contribution in [2.45, 2.75) is 129 Å². The summed E-state index contributed by atoms with van der Waals surface area (Å²) < 4.78 is 5.96. The van der Waals surface area contributed by atoms with Crippen LogP contribution in [-0.4, -0.2) is 6.10 Å². The second-order valence-electron chi connectivity index (χ2n) is 7.50. The molecule has 1 unspecified atom stereocenters. The average Bonchev–Trinajstić information content (AvgIpc) is 2.58. The van der Waals surface area contributed by atoms with E-state index < -0.39 is 0 Å². The molecule has 0 saturated carbocycles. The van der Waals surface area contributed by atoms with Crippen molar-refractivity contribution in [1.29, 1.82) is 0 Å². The van der Waals surface area contributed by atoms with Gasteiger partial charge in [0.05, 0.1) is 12.4 Å². The van der Waals surface area contributed by atoms with Crippen LogP contribution in [-0.2, 0) is 4.74 Å². The fourth-order valence-electron chi connectivity index (χ4n) is 3.52. The fraction of sp³-hybridized carbons (Fsp3) is 0.909. The Kier molecular flexibility index (Phi) is 13.5. The lowest BCUT2D eigenvalue weighted by Gasteiger charge is -2.23. The molecule has 0 bridgehead atoms. The third-order valence-electron chi connectivity index (χ3n) is 5.20. The van der Waals surface area contributed by atoms with Crippen LogP contribution in [0, 0.1) is 0 Å². The van der Waals surface area contributed by atoms with Crippen LogP contribution in [0.4, 0.5) is 0 Å². The number of allylic oxidation sites excluding steroid dienone is 1. The minimum Gasteiger partial charge on any atom is -0.498 e. The van der Waals surface area contributed by atoms with Crippen molar-refractivity contribution in [2.75, 3.05) is 0 Å². The third kappa shape index (κ3) is 11.7. The van der Waals surface area contributed by atoms with E-state index in [1.54, 1.807) is 5.57 Å². The van der Waals surface area contributed by atoms with E-state index in [2.05, 4.69) is 20.1 Å². The lowest BCUT2D eigenvalue weighted by molar-refractivity contribution is 0.107. The van der Waals surface area contributed by atoms with Crippen LogP contribution in [0.25, 0.3) is 0 Å². The number of ether oxygens (including phenoxy) is 1. The van der Waals surface area contributed by atoms with Gasteiger partial charge >= 0.3 is 0 Å². The smallest absolute Gasteiger partial charge is 0.0981 e. The second-order valence-corrected chi connectivity index (χ2v) is 7.50. The predicted molar refractivity (Wildman–Crippen MR) is 103 cm³/mol. The van der Waals surface area contributed by atoms with Crippen molar-refractivity contribution < 1.29 is 4.74 Å². The Balaban J connectivity index is 1.90. The molecular formula is C22H42O. The van der Waals surface area contributed by atoms with E-state index in [1.165, 1.54) is 109 Å². The van der Waals surface area contributed by atoms with Gasteiger partial charge in [-0.2, -0.15) is 0 Å². The number of hydrogen-bond donors (Lipinski definition) is 0.